The number of carbonyl (C=O) groups is 1. The Balaban J connectivity index is 1.66. The quantitative estimate of drug-likeness (QED) is 0.792. The number of amides is 1. The van der Waals surface area contributed by atoms with Crippen LogP contribution in [0.2, 0.25) is 0 Å². The summed E-state index contributed by atoms with van der Waals surface area (Å²) < 4.78 is 10.9. The molecule has 138 valence electrons. The number of ether oxygens (including phenoxy) is 2. The summed E-state index contributed by atoms with van der Waals surface area (Å²) in [4.78, 5) is 18.9. The first-order chi connectivity index (χ1) is 12.7. The van der Waals surface area contributed by atoms with Crippen LogP contribution in [0.1, 0.15) is 36.5 Å². The standard InChI is InChI=1S/C21H26N2O3/c1-3-13-26-19-5-4-12-23(15-19)21(24)17-8-6-16(7-9-17)18-10-11-20(25-2)22-14-18/h6-11,14,19H,3-5,12-13,15H2,1-2H3/t19-/m0/s1. The Labute approximate surface area is 155 Å². The molecule has 1 amide bonds. The third-order valence-electron chi connectivity index (χ3n) is 4.63. The van der Waals surface area contributed by atoms with Crippen molar-refractivity contribution in [1.29, 1.82) is 0 Å². The van der Waals surface area contributed by atoms with Gasteiger partial charge in [-0.2, -0.15) is 0 Å². The summed E-state index contributed by atoms with van der Waals surface area (Å²) in [6, 6.07) is 11.5. The molecule has 0 radical (unpaired) electrons. The lowest BCUT2D eigenvalue weighted by molar-refractivity contribution is 0.00211. The van der Waals surface area contributed by atoms with Gasteiger partial charge >= 0.3 is 0 Å². The number of methoxy groups -OCH3 is 1. The van der Waals surface area contributed by atoms with Crippen molar-refractivity contribution in [3.63, 3.8) is 0 Å². The first-order valence-electron chi connectivity index (χ1n) is 9.22. The van der Waals surface area contributed by atoms with Gasteiger partial charge in [0.2, 0.25) is 5.88 Å². The molecule has 0 unspecified atom stereocenters. The maximum Gasteiger partial charge on any atom is 0.253 e. The van der Waals surface area contributed by atoms with E-state index in [9.17, 15) is 4.79 Å². The number of pyridine rings is 1. The number of benzene rings is 1. The fraction of sp³-hybridized carbons (Fsp3) is 0.429. The molecule has 0 N–H and O–H groups in total. The normalized spacial score (nSPS) is 17.2. The molecular formula is C21H26N2O3. The van der Waals surface area contributed by atoms with Gasteiger partial charge in [0.05, 0.1) is 13.2 Å². The van der Waals surface area contributed by atoms with Crippen LogP contribution in [0.5, 0.6) is 5.88 Å². The molecule has 1 saturated heterocycles. The largest absolute Gasteiger partial charge is 0.481 e. The second-order valence-electron chi connectivity index (χ2n) is 6.55. The molecule has 5 heteroatoms. The van der Waals surface area contributed by atoms with Gasteiger partial charge in [-0.25, -0.2) is 4.98 Å². The number of rotatable bonds is 6. The van der Waals surface area contributed by atoms with Gasteiger partial charge in [0.1, 0.15) is 0 Å². The van der Waals surface area contributed by atoms with Crippen LogP contribution < -0.4 is 4.74 Å². The van der Waals surface area contributed by atoms with Crippen LogP contribution in [-0.4, -0.2) is 48.7 Å². The van der Waals surface area contributed by atoms with E-state index in [1.54, 1.807) is 13.3 Å². The topological polar surface area (TPSA) is 51.7 Å². The summed E-state index contributed by atoms with van der Waals surface area (Å²) in [5, 5.41) is 0. The van der Waals surface area contributed by atoms with Crippen LogP contribution in [0.25, 0.3) is 11.1 Å². The smallest absolute Gasteiger partial charge is 0.253 e. The van der Waals surface area contributed by atoms with Crippen LogP contribution in [0.15, 0.2) is 42.6 Å². The highest BCUT2D eigenvalue weighted by molar-refractivity contribution is 5.94. The maximum absolute atomic E-state index is 12.8. The third-order valence-corrected chi connectivity index (χ3v) is 4.63. The summed E-state index contributed by atoms with van der Waals surface area (Å²) in [7, 11) is 1.60. The summed E-state index contributed by atoms with van der Waals surface area (Å²) in [5.74, 6) is 0.666. The lowest BCUT2D eigenvalue weighted by atomic mass is 10.0. The first-order valence-corrected chi connectivity index (χ1v) is 9.22. The zero-order valence-corrected chi connectivity index (χ0v) is 15.5. The average molecular weight is 354 g/mol. The number of carbonyl (C=O) groups excluding carboxylic acids is 1. The second kappa shape index (κ2) is 8.81. The summed E-state index contributed by atoms with van der Waals surface area (Å²) in [6.07, 6.45) is 4.97. The van der Waals surface area contributed by atoms with Crippen molar-refractivity contribution >= 4 is 5.91 Å². The number of piperidine rings is 1. The van der Waals surface area contributed by atoms with E-state index in [1.807, 2.05) is 41.3 Å². The van der Waals surface area contributed by atoms with E-state index in [2.05, 4.69) is 11.9 Å². The monoisotopic (exact) mass is 354 g/mol. The molecule has 0 saturated carbocycles. The Morgan fingerprint density at radius 1 is 1.19 bits per heavy atom. The van der Waals surface area contributed by atoms with E-state index in [1.165, 1.54) is 0 Å². The van der Waals surface area contributed by atoms with Gasteiger partial charge in [-0.15, -0.1) is 0 Å². The molecule has 0 bridgehead atoms. The maximum atomic E-state index is 12.8. The van der Waals surface area contributed by atoms with Crippen molar-refractivity contribution in [3.8, 4) is 17.0 Å². The van der Waals surface area contributed by atoms with E-state index in [0.29, 0.717) is 18.0 Å². The van der Waals surface area contributed by atoms with Crippen molar-refractivity contribution < 1.29 is 14.3 Å². The van der Waals surface area contributed by atoms with Gasteiger partial charge in [0, 0.05) is 43.1 Å². The molecule has 1 aliphatic rings. The lowest BCUT2D eigenvalue weighted by Crippen LogP contribution is -2.43. The summed E-state index contributed by atoms with van der Waals surface area (Å²) >= 11 is 0. The molecule has 3 rings (SSSR count). The molecule has 2 heterocycles. The molecule has 1 fully saturated rings. The molecule has 0 spiro atoms. The molecule has 5 nitrogen and oxygen atoms in total. The number of nitrogens with zero attached hydrogens (tertiary/aromatic N) is 2. The number of hydrogen-bond acceptors (Lipinski definition) is 4. The van der Waals surface area contributed by atoms with E-state index < -0.39 is 0 Å². The molecule has 1 atom stereocenters. The van der Waals surface area contributed by atoms with E-state index in [4.69, 9.17) is 9.47 Å². The molecule has 0 aliphatic carbocycles. The lowest BCUT2D eigenvalue weighted by Gasteiger charge is -2.32. The predicted molar refractivity (Wildman–Crippen MR) is 101 cm³/mol. The van der Waals surface area contributed by atoms with E-state index >= 15 is 0 Å². The highest BCUT2D eigenvalue weighted by Crippen LogP contribution is 2.22. The first kappa shape index (κ1) is 18.4. The minimum Gasteiger partial charge on any atom is -0.481 e. The van der Waals surface area contributed by atoms with Crippen LogP contribution in [0, 0.1) is 0 Å². The summed E-state index contributed by atoms with van der Waals surface area (Å²) in [6.45, 7) is 4.35. The SMILES string of the molecule is CCCO[C@H]1CCCN(C(=O)c2ccc(-c3ccc(OC)nc3)cc2)C1. The molecule has 1 aromatic carbocycles. The van der Waals surface area contributed by atoms with Gasteiger partial charge in [-0.3, -0.25) is 4.79 Å². The Bertz CT molecular complexity index is 713. The zero-order chi connectivity index (χ0) is 18.4. The Morgan fingerprint density at radius 3 is 2.62 bits per heavy atom. The minimum absolute atomic E-state index is 0.0780. The molecule has 26 heavy (non-hydrogen) atoms. The molecule has 1 aromatic heterocycles. The number of aromatic nitrogens is 1. The third kappa shape index (κ3) is 4.41. The Kier molecular flexibility index (Phi) is 6.23. The van der Waals surface area contributed by atoms with Gasteiger partial charge < -0.3 is 14.4 Å². The minimum atomic E-state index is 0.0780. The fourth-order valence-corrected chi connectivity index (χ4v) is 3.20. The van der Waals surface area contributed by atoms with Crippen molar-refractivity contribution in [2.75, 3.05) is 26.8 Å². The van der Waals surface area contributed by atoms with Crippen LogP contribution in [0.4, 0.5) is 0 Å². The average Bonchev–Trinajstić information content (AvgIpc) is 2.72. The summed E-state index contributed by atoms with van der Waals surface area (Å²) in [5.41, 5.74) is 2.74. The van der Waals surface area contributed by atoms with E-state index in [-0.39, 0.29) is 12.0 Å². The Hall–Kier alpha value is -2.40. The molecule has 2 aromatic rings. The van der Waals surface area contributed by atoms with Gasteiger partial charge in [-0.05, 0) is 43.0 Å². The Morgan fingerprint density at radius 2 is 1.96 bits per heavy atom. The van der Waals surface area contributed by atoms with Crippen LogP contribution in [-0.2, 0) is 4.74 Å². The van der Waals surface area contributed by atoms with Crippen molar-refractivity contribution in [2.24, 2.45) is 0 Å². The van der Waals surface area contributed by atoms with Crippen LogP contribution in [0.3, 0.4) is 0 Å². The van der Waals surface area contributed by atoms with Gasteiger partial charge in [0.25, 0.3) is 5.91 Å². The molecule has 1 aliphatic heterocycles. The molecular weight excluding hydrogens is 328 g/mol. The van der Waals surface area contributed by atoms with Gasteiger partial charge in [0.15, 0.2) is 0 Å². The van der Waals surface area contributed by atoms with Crippen molar-refractivity contribution in [3.05, 3.63) is 48.2 Å². The van der Waals surface area contributed by atoms with Crippen molar-refractivity contribution in [2.45, 2.75) is 32.3 Å². The highest BCUT2D eigenvalue weighted by Gasteiger charge is 2.24. The predicted octanol–water partition coefficient (Wildman–Crippen LogP) is 3.79. The zero-order valence-electron chi connectivity index (χ0n) is 15.5. The second-order valence-corrected chi connectivity index (χ2v) is 6.55. The number of likely N-dealkylation sites (tertiary alicyclic amines) is 1. The number of hydrogen-bond donors (Lipinski definition) is 0. The van der Waals surface area contributed by atoms with Crippen molar-refractivity contribution in [1.82, 2.24) is 9.88 Å². The van der Waals surface area contributed by atoms with Crippen LogP contribution >= 0.6 is 0 Å². The highest BCUT2D eigenvalue weighted by atomic mass is 16.5. The van der Waals surface area contributed by atoms with E-state index in [0.717, 1.165) is 43.5 Å². The van der Waals surface area contributed by atoms with Gasteiger partial charge in [-0.1, -0.05) is 19.1 Å². The fourth-order valence-electron chi connectivity index (χ4n) is 3.20.